The summed E-state index contributed by atoms with van der Waals surface area (Å²) in [5.74, 6) is 1.38. The fourth-order valence-electron chi connectivity index (χ4n) is 3.47. The third-order valence-electron chi connectivity index (χ3n) is 5.21. The van der Waals surface area contributed by atoms with Gasteiger partial charge >= 0.3 is 0 Å². The summed E-state index contributed by atoms with van der Waals surface area (Å²) in [6, 6.07) is 13.2. The molecule has 1 unspecified atom stereocenters. The Bertz CT molecular complexity index is 865. The van der Waals surface area contributed by atoms with Gasteiger partial charge in [0.25, 0.3) is 0 Å². The van der Waals surface area contributed by atoms with Gasteiger partial charge in [-0.15, -0.1) is 0 Å². The van der Waals surface area contributed by atoms with Gasteiger partial charge in [-0.05, 0) is 72.9 Å². The highest BCUT2D eigenvalue weighted by molar-refractivity contribution is 8.11. The van der Waals surface area contributed by atoms with Gasteiger partial charge in [-0.1, -0.05) is 66.2 Å². The van der Waals surface area contributed by atoms with Crippen LogP contribution >= 0.6 is 11.8 Å². The van der Waals surface area contributed by atoms with Gasteiger partial charge in [0, 0.05) is 4.91 Å². The first kappa shape index (κ1) is 19.8. The van der Waals surface area contributed by atoms with Gasteiger partial charge in [0.1, 0.15) is 5.75 Å². The highest BCUT2D eigenvalue weighted by Crippen LogP contribution is 2.39. The number of allylic oxidation sites excluding steroid dienone is 2. The quantitative estimate of drug-likeness (QED) is 0.703. The lowest BCUT2D eigenvalue weighted by molar-refractivity contribution is 0.409. The van der Waals surface area contributed by atoms with E-state index in [0.717, 1.165) is 18.6 Å². The van der Waals surface area contributed by atoms with Crippen LogP contribution in [0.2, 0.25) is 0 Å². The Kier molecular flexibility index (Phi) is 6.46. The fourth-order valence-corrected chi connectivity index (χ4v) is 4.60. The van der Waals surface area contributed by atoms with E-state index in [1.54, 1.807) is 7.11 Å². The van der Waals surface area contributed by atoms with Crippen molar-refractivity contribution < 1.29 is 4.74 Å². The highest BCUT2D eigenvalue weighted by atomic mass is 32.2. The van der Waals surface area contributed by atoms with Crippen LogP contribution in [-0.4, -0.2) is 13.7 Å². The van der Waals surface area contributed by atoms with E-state index < -0.39 is 0 Å². The van der Waals surface area contributed by atoms with Gasteiger partial charge < -0.3 is 10.5 Å². The van der Waals surface area contributed by atoms with Crippen molar-refractivity contribution in [2.75, 3.05) is 13.7 Å². The van der Waals surface area contributed by atoms with Crippen LogP contribution in [0.5, 0.6) is 5.75 Å². The number of thioether (sulfide) groups is 1. The second kappa shape index (κ2) is 8.81. The number of aryl methyl sites for hydroxylation is 2. The summed E-state index contributed by atoms with van der Waals surface area (Å²) in [6.07, 6.45) is 4.19. The molecule has 0 aromatic heterocycles. The molecule has 3 rings (SSSR count). The van der Waals surface area contributed by atoms with Crippen LogP contribution in [0.1, 0.15) is 34.7 Å². The van der Waals surface area contributed by atoms with Gasteiger partial charge in [-0.25, -0.2) is 0 Å². The highest BCUT2D eigenvalue weighted by Gasteiger charge is 2.17. The normalized spacial score (nSPS) is 16.7. The van der Waals surface area contributed by atoms with E-state index in [9.17, 15) is 0 Å². The molecule has 1 aliphatic rings. The zero-order chi connectivity index (χ0) is 19.4. The van der Waals surface area contributed by atoms with Crippen LogP contribution in [0.25, 0.3) is 4.91 Å². The molecule has 0 saturated heterocycles. The fraction of sp³-hybridized carbons (Fsp3) is 0.333. The van der Waals surface area contributed by atoms with E-state index in [4.69, 9.17) is 10.5 Å². The summed E-state index contributed by atoms with van der Waals surface area (Å²) >= 11 is 1.82. The number of rotatable bonds is 6. The van der Waals surface area contributed by atoms with Crippen molar-refractivity contribution in [1.82, 2.24) is 0 Å². The molecule has 2 N–H and O–H groups in total. The lowest BCUT2D eigenvalue weighted by Crippen LogP contribution is -2.08. The Labute approximate surface area is 167 Å². The molecule has 1 atom stereocenters. The third kappa shape index (κ3) is 4.66. The summed E-state index contributed by atoms with van der Waals surface area (Å²) in [6.45, 7) is 7.23. The molecule has 0 fully saturated rings. The second-order valence-corrected chi connectivity index (χ2v) is 8.21. The second-order valence-electron chi connectivity index (χ2n) is 7.30. The van der Waals surface area contributed by atoms with Crippen LogP contribution in [0.4, 0.5) is 0 Å². The summed E-state index contributed by atoms with van der Waals surface area (Å²) in [5, 5.41) is 2.32. The summed E-state index contributed by atoms with van der Waals surface area (Å²) in [5.41, 5.74) is 13.6. The maximum absolute atomic E-state index is 5.74. The van der Waals surface area contributed by atoms with Gasteiger partial charge in [0.15, 0.2) is 0 Å². The summed E-state index contributed by atoms with van der Waals surface area (Å²) in [4.78, 5) is 1.34. The molecule has 2 nitrogen and oxygen atoms in total. The zero-order valence-corrected chi connectivity index (χ0v) is 17.5. The van der Waals surface area contributed by atoms with Gasteiger partial charge in [-0.3, -0.25) is 0 Å². The minimum atomic E-state index is 0.413. The van der Waals surface area contributed by atoms with Crippen LogP contribution in [-0.2, 0) is 12.8 Å². The molecule has 142 valence electrons. The Morgan fingerprint density at radius 1 is 1.07 bits per heavy atom. The first-order valence-corrected chi connectivity index (χ1v) is 10.4. The van der Waals surface area contributed by atoms with Crippen molar-refractivity contribution in [3.8, 4) is 5.75 Å². The standard InChI is InChI=1S/C24H29NOS/c1-16-5-7-19(8-6-16)24-12-18(3)22(15-27-24)13-21-11-17(2)20(9-10-25)14-23(21)26-4/h5-8,11-12,14-15,18H,9-10,13,25H2,1-4H3. The molecule has 1 heterocycles. The number of hydrogen-bond acceptors (Lipinski definition) is 3. The minimum absolute atomic E-state index is 0.413. The summed E-state index contributed by atoms with van der Waals surface area (Å²) in [7, 11) is 1.75. The van der Waals surface area contributed by atoms with Crippen molar-refractivity contribution in [2.24, 2.45) is 11.7 Å². The van der Waals surface area contributed by atoms with Crippen molar-refractivity contribution >= 4 is 16.7 Å². The Hall–Kier alpha value is -1.97. The molecule has 0 amide bonds. The van der Waals surface area contributed by atoms with Crippen molar-refractivity contribution in [1.29, 1.82) is 0 Å². The Balaban J connectivity index is 1.79. The van der Waals surface area contributed by atoms with Crippen molar-refractivity contribution in [3.05, 3.63) is 81.3 Å². The van der Waals surface area contributed by atoms with E-state index in [1.165, 1.54) is 38.3 Å². The molecule has 3 heteroatoms. The third-order valence-corrected chi connectivity index (χ3v) is 6.25. The van der Waals surface area contributed by atoms with Gasteiger partial charge in [-0.2, -0.15) is 0 Å². The number of methoxy groups -OCH3 is 1. The van der Waals surface area contributed by atoms with E-state index >= 15 is 0 Å². The molecule has 0 spiro atoms. The molecule has 0 radical (unpaired) electrons. The number of benzene rings is 2. The Morgan fingerprint density at radius 2 is 1.81 bits per heavy atom. The van der Waals surface area contributed by atoms with E-state index in [1.807, 2.05) is 11.8 Å². The number of ether oxygens (including phenoxy) is 1. The monoisotopic (exact) mass is 379 g/mol. The molecule has 2 aromatic rings. The SMILES string of the molecule is COc1cc(CCN)c(C)cc1CC1=CSC(c2ccc(C)cc2)=CC1C. The molecule has 2 aromatic carbocycles. The first-order chi connectivity index (χ1) is 13.0. The topological polar surface area (TPSA) is 35.2 Å². The van der Waals surface area contributed by atoms with Crippen molar-refractivity contribution in [2.45, 2.75) is 33.6 Å². The average molecular weight is 380 g/mol. The van der Waals surface area contributed by atoms with Crippen LogP contribution in [0.3, 0.4) is 0 Å². The van der Waals surface area contributed by atoms with E-state index in [2.05, 4.69) is 68.7 Å². The zero-order valence-electron chi connectivity index (χ0n) is 16.7. The first-order valence-electron chi connectivity index (χ1n) is 9.52. The van der Waals surface area contributed by atoms with E-state index in [0.29, 0.717) is 12.5 Å². The predicted octanol–water partition coefficient (Wildman–Crippen LogP) is 5.66. The smallest absolute Gasteiger partial charge is 0.122 e. The van der Waals surface area contributed by atoms with Gasteiger partial charge in [0.2, 0.25) is 0 Å². The van der Waals surface area contributed by atoms with Crippen molar-refractivity contribution in [3.63, 3.8) is 0 Å². The number of nitrogens with two attached hydrogens (primary N) is 1. The van der Waals surface area contributed by atoms with E-state index in [-0.39, 0.29) is 0 Å². The largest absolute Gasteiger partial charge is 0.496 e. The molecule has 1 aliphatic heterocycles. The number of hydrogen-bond donors (Lipinski definition) is 1. The molecule has 0 bridgehead atoms. The van der Waals surface area contributed by atoms with Crippen LogP contribution in [0.15, 0.2) is 53.5 Å². The molecular formula is C24H29NOS. The summed E-state index contributed by atoms with van der Waals surface area (Å²) < 4.78 is 5.68. The van der Waals surface area contributed by atoms with Crippen LogP contribution < -0.4 is 10.5 Å². The molecule has 0 aliphatic carbocycles. The maximum atomic E-state index is 5.74. The molecule has 0 saturated carbocycles. The lowest BCUT2D eigenvalue weighted by Gasteiger charge is -2.21. The van der Waals surface area contributed by atoms with Crippen LogP contribution in [0, 0.1) is 19.8 Å². The molecule has 27 heavy (non-hydrogen) atoms. The predicted molar refractivity (Wildman–Crippen MR) is 118 cm³/mol. The average Bonchev–Trinajstić information content (AvgIpc) is 2.66. The Morgan fingerprint density at radius 3 is 2.44 bits per heavy atom. The molecular weight excluding hydrogens is 350 g/mol. The van der Waals surface area contributed by atoms with Gasteiger partial charge in [0.05, 0.1) is 7.11 Å². The maximum Gasteiger partial charge on any atom is 0.122 e. The minimum Gasteiger partial charge on any atom is -0.496 e. The lowest BCUT2D eigenvalue weighted by atomic mass is 9.92.